The number of thioether (sulfide) groups is 1. The molecule has 1 aliphatic heterocycles. The highest BCUT2D eigenvalue weighted by Crippen LogP contribution is 2.35. The van der Waals surface area contributed by atoms with E-state index in [-0.39, 0.29) is 18.5 Å². The van der Waals surface area contributed by atoms with E-state index in [4.69, 9.17) is 0 Å². The quantitative estimate of drug-likeness (QED) is 0.551. The number of urea groups is 1. The van der Waals surface area contributed by atoms with Gasteiger partial charge in [-0.15, -0.1) is 10.2 Å². The third kappa shape index (κ3) is 5.48. The molecular formula is C22H27F3N6O2S. The lowest BCUT2D eigenvalue weighted by molar-refractivity contribution is -0.137. The second kappa shape index (κ2) is 10.2. The summed E-state index contributed by atoms with van der Waals surface area (Å²) in [6.07, 6.45) is 0.750. The highest BCUT2D eigenvalue weighted by Gasteiger charge is 2.33. The zero-order chi connectivity index (χ0) is 24.3. The Morgan fingerprint density at radius 1 is 1.26 bits per heavy atom. The average Bonchev–Trinajstić information content (AvgIpc) is 3.43. The Morgan fingerprint density at radius 3 is 2.71 bits per heavy atom. The highest BCUT2D eigenvalue weighted by molar-refractivity contribution is 8.00. The van der Waals surface area contributed by atoms with Crippen LogP contribution in [0.1, 0.15) is 56.5 Å². The highest BCUT2D eigenvalue weighted by atomic mass is 32.2. The molecule has 0 bridgehead atoms. The van der Waals surface area contributed by atoms with Gasteiger partial charge in [0.15, 0.2) is 11.0 Å². The van der Waals surface area contributed by atoms with Crippen molar-refractivity contribution in [3.8, 4) is 0 Å². The van der Waals surface area contributed by atoms with E-state index < -0.39 is 23.0 Å². The smallest absolute Gasteiger partial charge is 0.378 e. The molecule has 1 saturated heterocycles. The molecule has 2 N–H and O–H groups in total. The van der Waals surface area contributed by atoms with Crippen molar-refractivity contribution in [2.75, 3.05) is 18.4 Å². The van der Waals surface area contributed by atoms with Gasteiger partial charge in [-0.05, 0) is 38.0 Å². The minimum Gasteiger partial charge on any atom is -0.378 e. The van der Waals surface area contributed by atoms with Crippen molar-refractivity contribution in [2.45, 2.75) is 68.2 Å². The summed E-state index contributed by atoms with van der Waals surface area (Å²) < 4.78 is 41.2. The summed E-state index contributed by atoms with van der Waals surface area (Å²) >= 11 is 1.25. The van der Waals surface area contributed by atoms with Gasteiger partial charge in [-0.25, -0.2) is 4.79 Å². The van der Waals surface area contributed by atoms with Gasteiger partial charge >= 0.3 is 12.2 Å². The third-order valence-corrected chi connectivity index (χ3v) is 7.11. The van der Waals surface area contributed by atoms with Crippen LogP contribution in [-0.4, -0.2) is 49.9 Å². The predicted molar refractivity (Wildman–Crippen MR) is 121 cm³/mol. The van der Waals surface area contributed by atoms with E-state index in [9.17, 15) is 22.8 Å². The van der Waals surface area contributed by atoms with Crippen molar-refractivity contribution in [2.24, 2.45) is 0 Å². The first-order chi connectivity index (χ1) is 16.2. The SMILES string of the molecule is CC(Sc1nnc(CNc2cccc(C(F)(F)F)c2)n1C1CCCCC1)C(=O)N1CCNC1=O. The van der Waals surface area contributed by atoms with Gasteiger partial charge in [0.05, 0.1) is 17.4 Å². The molecule has 1 atom stereocenters. The summed E-state index contributed by atoms with van der Waals surface area (Å²) in [6, 6.07) is 4.80. The monoisotopic (exact) mass is 496 g/mol. The van der Waals surface area contributed by atoms with Crippen molar-refractivity contribution in [3.63, 3.8) is 0 Å². The first-order valence-electron chi connectivity index (χ1n) is 11.3. The molecule has 1 unspecified atom stereocenters. The first kappa shape index (κ1) is 24.4. The number of carbonyl (C=O) groups excluding carboxylic acids is 2. The van der Waals surface area contributed by atoms with Crippen LogP contribution in [0.4, 0.5) is 23.7 Å². The Bertz CT molecular complexity index is 1040. The van der Waals surface area contributed by atoms with Crippen molar-refractivity contribution in [1.82, 2.24) is 25.0 Å². The molecule has 1 aromatic carbocycles. The number of anilines is 1. The molecule has 3 amide bonds. The van der Waals surface area contributed by atoms with Gasteiger partial charge in [0.1, 0.15) is 0 Å². The second-order valence-electron chi connectivity index (χ2n) is 8.47. The molecule has 2 heterocycles. The Hall–Kier alpha value is -2.76. The van der Waals surface area contributed by atoms with Crippen molar-refractivity contribution in [1.29, 1.82) is 0 Å². The number of halogens is 3. The molecular weight excluding hydrogens is 469 g/mol. The summed E-state index contributed by atoms with van der Waals surface area (Å²) in [5.74, 6) is 0.312. The molecule has 2 fully saturated rings. The molecule has 184 valence electrons. The lowest BCUT2D eigenvalue weighted by Gasteiger charge is -2.26. The van der Waals surface area contributed by atoms with Gasteiger partial charge in [0.25, 0.3) is 0 Å². The van der Waals surface area contributed by atoms with Gasteiger partial charge in [0.2, 0.25) is 5.91 Å². The molecule has 0 radical (unpaired) electrons. The van der Waals surface area contributed by atoms with Crippen LogP contribution in [-0.2, 0) is 17.5 Å². The van der Waals surface area contributed by atoms with Gasteiger partial charge in [-0.1, -0.05) is 37.1 Å². The Morgan fingerprint density at radius 2 is 2.03 bits per heavy atom. The number of benzene rings is 1. The number of amides is 3. The van der Waals surface area contributed by atoms with Crippen LogP contribution in [0, 0.1) is 0 Å². The Labute approximate surface area is 199 Å². The predicted octanol–water partition coefficient (Wildman–Crippen LogP) is 4.45. The van der Waals surface area contributed by atoms with E-state index in [1.54, 1.807) is 13.0 Å². The van der Waals surface area contributed by atoms with Crippen LogP contribution >= 0.6 is 11.8 Å². The maximum absolute atomic E-state index is 13.1. The van der Waals surface area contributed by atoms with Crippen LogP contribution in [0.3, 0.4) is 0 Å². The lowest BCUT2D eigenvalue weighted by Crippen LogP contribution is -2.39. The number of carbonyl (C=O) groups is 2. The van der Waals surface area contributed by atoms with Crippen molar-refractivity contribution in [3.05, 3.63) is 35.7 Å². The van der Waals surface area contributed by atoms with E-state index >= 15 is 0 Å². The van der Waals surface area contributed by atoms with Crippen LogP contribution in [0.15, 0.2) is 29.4 Å². The largest absolute Gasteiger partial charge is 0.416 e. The number of nitrogens with zero attached hydrogens (tertiary/aromatic N) is 4. The normalized spacial score (nSPS) is 18.1. The van der Waals surface area contributed by atoms with Crippen LogP contribution < -0.4 is 10.6 Å². The van der Waals surface area contributed by atoms with E-state index in [1.165, 1.54) is 22.7 Å². The van der Waals surface area contributed by atoms with Gasteiger partial charge < -0.3 is 15.2 Å². The standard InChI is InChI=1S/C22H27F3N6O2S/c1-14(19(32)30-11-10-26-20(30)33)34-21-29-28-18(31(21)17-8-3-2-4-9-17)13-27-16-7-5-6-15(12-16)22(23,24)25/h5-7,12,14,17,27H,2-4,8-11,13H2,1H3,(H,26,33). The van der Waals surface area contributed by atoms with E-state index in [1.807, 2.05) is 4.57 Å². The van der Waals surface area contributed by atoms with Crippen molar-refractivity contribution < 1.29 is 22.8 Å². The lowest BCUT2D eigenvalue weighted by atomic mass is 9.95. The zero-order valence-corrected chi connectivity index (χ0v) is 19.6. The molecule has 2 aromatic rings. The number of imide groups is 1. The Kier molecular flexibility index (Phi) is 7.34. The second-order valence-corrected chi connectivity index (χ2v) is 9.78. The number of rotatable bonds is 7. The molecule has 2 aliphatic rings. The van der Waals surface area contributed by atoms with Crippen LogP contribution in [0.2, 0.25) is 0 Å². The van der Waals surface area contributed by atoms with Crippen molar-refractivity contribution >= 4 is 29.4 Å². The van der Waals surface area contributed by atoms with Gasteiger partial charge in [-0.2, -0.15) is 13.2 Å². The van der Waals surface area contributed by atoms with Crippen LogP contribution in [0.25, 0.3) is 0 Å². The van der Waals surface area contributed by atoms with E-state index in [2.05, 4.69) is 20.8 Å². The molecule has 8 nitrogen and oxygen atoms in total. The minimum atomic E-state index is -4.42. The summed E-state index contributed by atoms with van der Waals surface area (Å²) in [7, 11) is 0. The molecule has 1 saturated carbocycles. The first-order valence-corrected chi connectivity index (χ1v) is 12.2. The summed E-state index contributed by atoms with van der Waals surface area (Å²) in [5.41, 5.74) is -0.383. The van der Waals surface area contributed by atoms with E-state index in [0.29, 0.717) is 29.8 Å². The fourth-order valence-corrected chi connectivity index (χ4v) is 5.31. The van der Waals surface area contributed by atoms with Gasteiger partial charge in [0, 0.05) is 24.8 Å². The number of hydrogen-bond donors (Lipinski definition) is 2. The fourth-order valence-electron chi connectivity index (χ4n) is 4.31. The molecule has 12 heteroatoms. The number of hydrogen-bond acceptors (Lipinski definition) is 6. The molecule has 4 rings (SSSR count). The maximum Gasteiger partial charge on any atom is 0.416 e. The molecule has 34 heavy (non-hydrogen) atoms. The van der Waals surface area contributed by atoms with Gasteiger partial charge in [-0.3, -0.25) is 9.69 Å². The topological polar surface area (TPSA) is 92.2 Å². The number of alkyl halides is 3. The fraction of sp³-hybridized carbons (Fsp3) is 0.545. The average molecular weight is 497 g/mol. The molecule has 1 aliphatic carbocycles. The maximum atomic E-state index is 13.1. The van der Waals surface area contributed by atoms with E-state index in [0.717, 1.165) is 44.2 Å². The van der Waals surface area contributed by atoms with Crippen LogP contribution in [0.5, 0.6) is 0 Å². The summed E-state index contributed by atoms with van der Waals surface area (Å²) in [5, 5.41) is 14.3. The zero-order valence-electron chi connectivity index (χ0n) is 18.8. The summed E-state index contributed by atoms with van der Waals surface area (Å²) in [4.78, 5) is 25.8. The Balaban J connectivity index is 1.52. The number of nitrogens with one attached hydrogen (secondary N) is 2. The summed E-state index contributed by atoms with van der Waals surface area (Å²) in [6.45, 7) is 2.71. The minimum absolute atomic E-state index is 0.155. The molecule has 1 aromatic heterocycles. The number of aromatic nitrogens is 3. The third-order valence-electron chi connectivity index (χ3n) is 6.07. The molecule has 0 spiro atoms.